The molecule has 0 radical (unpaired) electrons. The van der Waals surface area contributed by atoms with Crippen LogP contribution in [0.5, 0.6) is 0 Å². The van der Waals surface area contributed by atoms with Gasteiger partial charge in [-0.3, -0.25) is 4.79 Å². The number of amides is 1. The minimum atomic E-state index is -0.529. The molecule has 0 fully saturated rings. The molecule has 26 heavy (non-hydrogen) atoms. The first-order valence-corrected chi connectivity index (χ1v) is 8.03. The van der Waals surface area contributed by atoms with Crippen LogP contribution in [-0.4, -0.2) is 25.5 Å². The maximum absolute atomic E-state index is 12.3. The lowest BCUT2D eigenvalue weighted by Crippen LogP contribution is -2.18. The Morgan fingerprint density at radius 1 is 1.15 bits per heavy atom. The first-order chi connectivity index (χ1) is 12.5. The second-order valence-electron chi connectivity index (χ2n) is 5.35. The van der Waals surface area contributed by atoms with Crippen molar-refractivity contribution in [2.24, 2.45) is 0 Å². The topological polar surface area (TPSA) is 82.4 Å². The summed E-state index contributed by atoms with van der Waals surface area (Å²) in [5.74, 6) is -0.952. The van der Waals surface area contributed by atoms with E-state index >= 15 is 0 Å². The summed E-state index contributed by atoms with van der Waals surface area (Å²) in [4.78, 5) is 25.6. The molecule has 0 aliphatic carbocycles. The Kier molecular flexibility index (Phi) is 6.52. The number of nitrogens with one attached hydrogen (secondary N) is 1. The number of ether oxygens (including phenoxy) is 1. The van der Waals surface area contributed by atoms with Crippen LogP contribution < -0.4 is 10.2 Å². The molecule has 0 saturated heterocycles. The van der Waals surface area contributed by atoms with Gasteiger partial charge in [-0.05, 0) is 43.3 Å². The van der Waals surface area contributed by atoms with Gasteiger partial charge in [-0.25, -0.2) is 4.79 Å². The molecule has 0 unspecified atom stereocenters. The van der Waals surface area contributed by atoms with Crippen molar-refractivity contribution in [3.8, 4) is 6.07 Å². The fraction of sp³-hybridized carbons (Fsp3) is 0.150. The van der Waals surface area contributed by atoms with Crippen molar-refractivity contribution < 1.29 is 14.3 Å². The smallest absolute Gasteiger partial charge is 0.338 e. The molecule has 2 rings (SSSR count). The van der Waals surface area contributed by atoms with Crippen LogP contribution in [0.4, 0.5) is 11.4 Å². The summed E-state index contributed by atoms with van der Waals surface area (Å²) in [5.41, 5.74) is 1.69. The van der Waals surface area contributed by atoms with Gasteiger partial charge in [0.05, 0.1) is 12.2 Å². The number of nitriles is 1. The van der Waals surface area contributed by atoms with Gasteiger partial charge in [-0.15, -0.1) is 0 Å². The van der Waals surface area contributed by atoms with Crippen molar-refractivity contribution in [2.75, 3.05) is 23.9 Å². The fourth-order valence-electron chi connectivity index (χ4n) is 2.17. The predicted molar refractivity (Wildman–Crippen MR) is 99.6 cm³/mol. The maximum atomic E-state index is 12.3. The number of para-hydroxylation sites is 1. The van der Waals surface area contributed by atoms with E-state index in [1.807, 2.05) is 36.4 Å². The van der Waals surface area contributed by atoms with Gasteiger partial charge >= 0.3 is 5.97 Å². The first kappa shape index (κ1) is 18.7. The molecule has 6 nitrogen and oxygen atoms in total. The van der Waals surface area contributed by atoms with Gasteiger partial charge in [0, 0.05) is 24.6 Å². The molecular weight excluding hydrogens is 330 g/mol. The van der Waals surface area contributed by atoms with Crippen LogP contribution in [0.25, 0.3) is 0 Å². The predicted octanol–water partition coefficient (Wildman–Crippen LogP) is 3.35. The van der Waals surface area contributed by atoms with E-state index in [0.717, 1.165) is 5.69 Å². The van der Waals surface area contributed by atoms with E-state index < -0.39 is 11.9 Å². The molecule has 2 aromatic rings. The van der Waals surface area contributed by atoms with Gasteiger partial charge in [-0.1, -0.05) is 18.2 Å². The number of esters is 1. The Labute approximate surface area is 152 Å². The summed E-state index contributed by atoms with van der Waals surface area (Å²) in [5, 5.41) is 11.9. The number of benzene rings is 2. The average molecular weight is 349 g/mol. The normalized spacial score (nSPS) is 10.6. The second-order valence-corrected chi connectivity index (χ2v) is 5.35. The van der Waals surface area contributed by atoms with E-state index in [4.69, 9.17) is 4.74 Å². The highest BCUT2D eigenvalue weighted by Crippen LogP contribution is 2.15. The van der Waals surface area contributed by atoms with Crippen LogP contribution in [-0.2, 0) is 9.53 Å². The molecule has 0 heterocycles. The molecule has 6 heteroatoms. The summed E-state index contributed by atoms with van der Waals surface area (Å²) in [6, 6.07) is 17.6. The largest absolute Gasteiger partial charge is 0.462 e. The van der Waals surface area contributed by atoms with Crippen LogP contribution >= 0.6 is 0 Å². The summed E-state index contributed by atoms with van der Waals surface area (Å²) in [6.07, 6.45) is 1.47. The molecule has 132 valence electrons. The van der Waals surface area contributed by atoms with Crippen molar-refractivity contribution in [3.63, 3.8) is 0 Å². The monoisotopic (exact) mass is 349 g/mol. The Hall–Kier alpha value is -3.59. The molecule has 1 amide bonds. The summed E-state index contributed by atoms with van der Waals surface area (Å²) in [7, 11) is 1.76. The minimum absolute atomic E-state index is 0.0363. The van der Waals surface area contributed by atoms with Crippen LogP contribution in [0.2, 0.25) is 0 Å². The lowest BCUT2D eigenvalue weighted by atomic mass is 10.2. The van der Waals surface area contributed by atoms with Gasteiger partial charge in [0.1, 0.15) is 11.6 Å². The molecular formula is C20H19N3O3. The van der Waals surface area contributed by atoms with E-state index in [2.05, 4.69) is 5.32 Å². The lowest BCUT2D eigenvalue weighted by molar-refractivity contribution is -0.112. The molecule has 0 spiro atoms. The third-order valence-electron chi connectivity index (χ3n) is 3.51. The van der Waals surface area contributed by atoms with Crippen molar-refractivity contribution in [3.05, 3.63) is 71.9 Å². The van der Waals surface area contributed by atoms with Crippen LogP contribution in [0.1, 0.15) is 17.3 Å². The minimum Gasteiger partial charge on any atom is -0.462 e. The molecule has 0 aliphatic heterocycles. The number of hydrogen-bond acceptors (Lipinski definition) is 5. The van der Waals surface area contributed by atoms with Crippen LogP contribution in [0.3, 0.4) is 0 Å². The Bertz CT molecular complexity index is 837. The standard InChI is InChI=1S/C20H19N3O3/c1-3-26-20(25)15-9-11-17(12-10-15)22-19(24)16(13-21)14-23(2)18-7-5-4-6-8-18/h4-12,14H,3H2,1-2H3,(H,22,24)/b16-14-. The highest BCUT2D eigenvalue weighted by atomic mass is 16.5. The molecule has 1 N–H and O–H groups in total. The second kappa shape index (κ2) is 9.04. The zero-order chi connectivity index (χ0) is 18.9. The fourth-order valence-corrected chi connectivity index (χ4v) is 2.17. The van der Waals surface area contributed by atoms with Crippen molar-refractivity contribution >= 4 is 23.3 Å². The number of carbonyl (C=O) groups is 2. The molecule has 0 saturated carbocycles. The summed E-state index contributed by atoms with van der Waals surface area (Å²) in [6.45, 7) is 2.03. The zero-order valence-electron chi connectivity index (χ0n) is 14.6. The Morgan fingerprint density at radius 3 is 2.38 bits per heavy atom. The first-order valence-electron chi connectivity index (χ1n) is 8.03. The van der Waals surface area contributed by atoms with Crippen LogP contribution in [0, 0.1) is 11.3 Å². The SMILES string of the molecule is CCOC(=O)c1ccc(NC(=O)/C(C#N)=C\N(C)c2ccccc2)cc1. The quantitative estimate of drug-likeness (QED) is 0.491. The molecule has 0 bridgehead atoms. The number of anilines is 2. The van der Waals surface area contributed by atoms with E-state index in [9.17, 15) is 14.9 Å². The third kappa shape index (κ3) is 4.95. The average Bonchev–Trinajstić information content (AvgIpc) is 2.67. The lowest BCUT2D eigenvalue weighted by Gasteiger charge is -2.14. The van der Waals surface area contributed by atoms with Gasteiger partial charge < -0.3 is 15.0 Å². The number of nitrogens with zero attached hydrogens (tertiary/aromatic N) is 2. The van der Waals surface area contributed by atoms with Crippen molar-refractivity contribution in [2.45, 2.75) is 6.92 Å². The van der Waals surface area contributed by atoms with Gasteiger partial charge in [-0.2, -0.15) is 5.26 Å². The number of rotatable bonds is 6. The van der Waals surface area contributed by atoms with Crippen molar-refractivity contribution in [1.82, 2.24) is 0 Å². The summed E-state index contributed by atoms with van der Waals surface area (Å²) < 4.78 is 4.91. The summed E-state index contributed by atoms with van der Waals surface area (Å²) >= 11 is 0. The molecule has 0 aliphatic rings. The maximum Gasteiger partial charge on any atom is 0.338 e. The molecule has 2 aromatic carbocycles. The number of carbonyl (C=O) groups excluding carboxylic acids is 2. The van der Waals surface area contributed by atoms with E-state index in [1.54, 1.807) is 43.1 Å². The van der Waals surface area contributed by atoms with E-state index in [-0.39, 0.29) is 5.57 Å². The van der Waals surface area contributed by atoms with Gasteiger partial charge in [0.2, 0.25) is 0 Å². The zero-order valence-corrected chi connectivity index (χ0v) is 14.6. The van der Waals surface area contributed by atoms with E-state index in [0.29, 0.717) is 17.9 Å². The van der Waals surface area contributed by atoms with Crippen LogP contribution in [0.15, 0.2) is 66.4 Å². The molecule has 0 atom stereocenters. The van der Waals surface area contributed by atoms with Crippen molar-refractivity contribution in [1.29, 1.82) is 5.26 Å². The Balaban J connectivity index is 2.08. The molecule has 0 aromatic heterocycles. The van der Waals surface area contributed by atoms with E-state index in [1.165, 1.54) is 6.20 Å². The highest BCUT2D eigenvalue weighted by molar-refractivity contribution is 6.07. The number of hydrogen-bond donors (Lipinski definition) is 1. The third-order valence-corrected chi connectivity index (χ3v) is 3.51. The van der Waals surface area contributed by atoms with Gasteiger partial charge in [0.15, 0.2) is 0 Å². The highest BCUT2D eigenvalue weighted by Gasteiger charge is 2.12. The Morgan fingerprint density at radius 2 is 1.81 bits per heavy atom. The van der Waals surface area contributed by atoms with Gasteiger partial charge in [0.25, 0.3) is 5.91 Å².